The SMILES string of the molecule is Cc1ccc(S(=O)Cc2nc3c(C(N)=O)cccc3[nH]2)cc1. The van der Waals surface area contributed by atoms with Gasteiger partial charge in [-0.3, -0.25) is 9.00 Å². The number of hydrogen-bond donors (Lipinski definition) is 2. The lowest BCUT2D eigenvalue weighted by atomic mass is 10.2. The molecule has 0 aliphatic carbocycles. The van der Waals surface area contributed by atoms with Gasteiger partial charge in [0.15, 0.2) is 0 Å². The van der Waals surface area contributed by atoms with Crippen molar-refractivity contribution in [1.82, 2.24) is 9.97 Å². The van der Waals surface area contributed by atoms with E-state index in [-0.39, 0.29) is 5.75 Å². The number of imidazole rings is 1. The Morgan fingerprint density at radius 3 is 2.64 bits per heavy atom. The van der Waals surface area contributed by atoms with Crippen molar-refractivity contribution in [2.75, 3.05) is 0 Å². The lowest BCUT2D eigenvalue weighted by molar-refractivity contribution is 0.100. The summed E-state index contributed by atoms with van der Waals surface area (Å²) in [5, 5.41) is 0. The number of amides is 1. The van der Waals surface area contributed by atoms with Crippen molar-refractivity contribution in [3.8, 4) is 0 Å². The maximum absolute atomic E-state index is 12.4. The fourth-order valence-electron chi connectivity index (χ4n) is 2.25. The first kappa shape index (κ1) is 14.5. The number of H-pyrrole nitrogens is 1. The molecule has 3 aromatic rings. The van der Waals surface area contributed by atoms with Crippen molar-refractivity contribution in [3.63, 3.8) is 0 Å². The Kier molecular flexibility index (Phi) is 3.77. The average Bonchev–Trinajstić information content (AvgIpc) is 2.89. The van der Waals surface area contributed by atoms with Gasteiger partial charge < -0.3 is 10.7 Å². The molecule has 1 amide bonds. The molecule has 2 aromatic carbocycles. The number of aromatic nitrogens is 2. The molecule has 0 bridgehead atoms. The molecule has 5 nitrogen and oxygen atoms in total. The number of para-hydroxylation sites is 1. The summed E-state index contributed by atoms with van der Waals surface area (Å²) in [6.45, 7) is 1.98. The highest BCUT2D eigenvalue weighted by Gasteiger charge is 2.13. The smallest absolute Gasteiger partial charge is 0.250 e. The maximum Gasteiger partial charge on any atom is 0.250 e. The molecule has 0 aliphatic heterocycles. The number of aryl methyl sites for hydroxylation is 1. The minimum Gasteiger partial charge on any atom is -0.366 e. The third kappa shape index (κ3) is 2.78. The Bertz CT molecular complexity index is 869. The topological polar surface area (TPSA) is 88.8 Å². The number of carbonyl (C=O) groups excluding carboxylic acids is 1. The van der Waals surface area contributed by atoms with Crippen LogP contribution in [0.5, 0.6) is 0 Å². The monoisotopic (exact) mass is 313 g/mol. The second-order valence-electron chi connectivity index (χ2n) is 5.05. The summed E-state index contributed by atoms with van der Waals surface area (Å²) in [5.41, 5.74) is 8.06. The van der Waals surface area contributed by atoms with Gasteiger partial charge in [0.2, 0.25) is 0 Å². The first-order valence-electron chi connectivity index (χ1n) is 6.77. The van der Waals surface area contributed by atoms with E-state index in [0.29, 0.717) is 22.4 Å². The van der Waals surface area contributed by atoms with E-state index < -0.39 is 16.7 Å². The van der Waals surface area contributed by atoms with E-state index in [4.69, 9.17) is 5.73 Å². The van der Waals surface area contributed by atoms with Crippen molar-refractivity contribution in [1.29, 1.82) is 0 Å². The summed E-state index contributed by atoms with van der Waals surface area (Å²) in [6, 6.07) is 12.7. The molecule has 0 saturated carbocycles. The number of nitrogens with zero attached hydrogens (tertiary/aromatic N) is 1. The Balaban J connectivity index is 1.91. The molecule has 3 N–H and O–H groups in total. The molecule has 0 spiro atoms. The van der Waals surface area contributed by atoms with Crippen LogP contribution in [0.25, 0.3) is 11.0 Å². The van der Waals surface area contributed by atoms with E-state index in [2.05, 4.69) is 9.97 Å². The van der Waals surface area contributed by atoms with Crippen LogP contribution in [-0.2, 0) is 16.6 Å². The molecule has 6 heteroatoms. The average molecular weight is 313 g/mol. The highest BCUT2D eigenvalue weighted by Crippen LogP contribution is 2.18. The third-order valence-corrected chi connectivity index (χ3v) is 4.71. The summed E-state index contributed by atoms with van der Waals surface area (Å²) in [4.78, 5) is 19.6. The first-order chi connectivity index (χ1) is 10.5. The van der Waals surface area contributed by atoms with Gasteiger partial charge in [0.05, 0.1) is 27.6 Å². The fourth-order valence-corrected chi connectivity index (χ4v) is 3.24. The number of nitrogens with one attached hydrogen (secondary N) is 1. The summed E-state index contributed by atoms with van der Waals surface area (Å²) in [6.07, 6.45) is 0. The molecule has 22 heavy (non-hydrogen) atoms. The summed E-state index contributed by atoms with van der Waals surface area (Å²) >= 11 is 0. The first-order valence-corrected chi connectivity index (χ1v) is 8.09. The van der Waals surface area contributed by atoms with Gasteiger partial charge in [-0.2, -0.15) is 0 Å². The number of fused-ring (bicyclic) bond motifs is 1. The predicted octanol–water partition coefficient (Wildman–Crippen LogP) is 2.28. The zero-order chi connectivity index (χ0) is 15.7. The number of benzene rings is 2. The molecule has 3 rings (SSSR count). The van der Waals surface area contributed by atoms with Crippen LogP contribution in [-0.4, -0.2) is 20.1 Å². The van der Waals surface area contributed by atoms with Gasteiger partial charge in [-0.15, -0.1) is 0 Å². The van der Waals surface area contributed by atoms with Crippen LogP contribution in [0.1, 0.15) is 21.7 Å². The number of hydrogen-bond acceptors (Lipinski definition) is 3. The van der Waals surface area contributed by atoms with Gasteiger partial charge in [-0.25, -0.2) is 4.98 Å². The van der Waals surface area contributed by atoms with Crippen LogP contribution in [0.4, 0.5) is 0 Å². The second-order valence-corrected chi connectivity index (χ2v) is 6.50. The second kappa shape index (κ2) is 5.73. The van der Waals surface area contributed by atoms with Crippen LogP contribution in [0, 0.1) is 6.92 Å². The van der Waals surface area contributed by atoms with Crippen molar-refractivity contribution >= 4 is 27.7 Å². The standard InChI is InChI=1S/C16H15N3O2S/c1-10-5-7-11(8-6-10)22(21)9-14-18-13-4-2-3-12(16(17)20)15(13)19-14/h2-8H,9H2,1H3,(H2,17,20)(H,18,19). The van der Waals surface area contributed by atoms with E-state index in [0.717, 1.165) is 10.5 Å². The van der Waals surface area contributed by atoms with E-state index >= 15 is 0 Å². The zero-order valence-corrected chi connectivity index (χ0v) is 12.8. The fraction of sp³-hybridized carbons (Fsp3) is 0.125. The zero-order valence-electron chi connectivity index (χ0n) is 12.0. The van der Waals surface area contributed by atoms with E-state index in [9.17, 15) is 9.00 Å². The maximum atomic E-state index is 12.4. The van der Waals surface area contributed by atoms with Crippen LogP contribution in [0.3, 0.4) is 0 Å². The molecule has 0 saturated heterocycles. The largest absolute Gasteiger partial charge is 0.366 e. The van der Waals surface area contributed by atoms with E-state index in [1.54, 1.807) is 12.1 Å². The molecule has 1 heterocycles. The van der Waals surface area contributed by atoms with Gasteiger partial charge in [0, 0.05) is 4.90 Å². The normalized spacial score (nSPS) is 12.4. The highest BCUT2D eigenvalue weighted by atomic mass is 32.2. The van der Waals surface area contributed by atoms with Gasteiger partial charge in [-0.05, 0) is 31.2 Å². The summed E-state index contributed by atoms with van der Waals surface area (Å²) in [7, 11) is -1.20. The quantitative estimate of drug-likeness (QED) is 0.774. The van der Waals surface area contributed by atoms with Crippen LogP contribution in [0.2, 0.25) is 0 Å². The van der Waals surface area contributed by atoms with Gasteiger partial charge in [0.1, 0.15) is 11.3 Å². The summed E-state index contributed by atoms with van der Waals surface area (Å²) in [5.74, 6) is 0.307. The molecular formula is C16H15N3O2S. The highest BCUT2D eigenvalue weighted by molar-refractivity contribution is 7.84. The van der Waals surface area contributed by atoms with Gasteiger partial charge >= 0.3 is 0 Å². The van der Waals surface area contributed by atoms with Crippen molar-refractivity contribution in [3.05, 3.63) is 59.4 Å². The van der Waals surface area contributed by atoms with Gasteiger partial charge in [-0.1, -0.05) is 23.8 Å². The molecular weight excluding hydrogens is 298 g/mol. The number of aromatic amines is 1. The minimum absolute atomic E-state index is 0.260. The Hall–Kier alpha value is -2.47. The van der Waals surface area contributed by atoms with Gasteiger partial charge in [0.25, 0.3) is 5.91 Å². The number of nitrogens with two attached hydrogens (primary N) is 1. The molecule has 1 unspecified atom stereocenters. The third-order valence-electron chi connectivity index (χ3n) is 3.38. The Morgan fingerprint density at radius 1 is 1.23 bits per heavy atom. The minimum atomic E-state index is -1.20. The van der Waals surface area contributed by atoms with E-state index in [1.165, 1.54) is 0 Å². The van der Waals surface area contributed by atoms with Crippen LogP contribution < -0.4 is 5.73 Å². The summed E-state index contributed by atoms with van der Waals surface area (Å²) < 4.78 is 12.4. The number of carbonyl (C=O) groups is 1. The van der Waals surface area contributed by atoms with Crippen molar-refractivity contribution < 1.29 is 9.00 Å². The lowest BCUT2D eigenvalue weighted by Gasteiger charge is -2.00. The molecule has 0 fully saturated rings. The lowest BCUT2D eigenvalue weighted by Crippen LogP contribution is -2.11. The predicted molar refractivity (Wildman–Crippen MR) is 85.9 cm³/mol. The van der Waals surface area contributed by atoms with Crippen molar-refractivity contribution in [2.45, 2.75) is 17.6 Å². The van der Waals surface area contributed by atoms with E-state index in [1.807, 2.05) is 37.3 Å². The molecule has 0 radical (unpaired) electrons. The molecule has 1 atom stereocenters. The number of rotatable bonds is 4. The molecule has 1 aromatic heterocycles. The molecule has 112 valence electrons. The van der Waals surface area contributed by atoms with Crippen molar-refractivity contribution in [2.24, 2.45) is 5.73 Å². The Morgan fingerprint density at radius 2 is 1.95 bits per heavy atom. The molecule has 0 aliphatic rings. The number of primary amides is 1. The van der Waals surface area contributed by atoms with Crippen LogP contribution >= 0.6 is 0 Å². The van der Waals surface area contributed by atoms with Crippen LogP contribution in [0.15, 0.2) is 47.4 Å². The Labute approximate surface area is 130 Å².